The van der Waals surface area contributed by atoms with E-state index in [-0.39, 0.29) is 18.7 Å². The zero-order chi connectivity index (χ0) is 20.9. The number of hydrogen-bond donors (Lipinski definition) is 1. The second-order valence-electron chi connectivity index (χ2n) is 6.47. The maximum absolute atomic E-state index is 12.4. The minimum absolute atomic E-state index is 0.135. The van der Waals surface area contributed by atoms with Crippen LogP contribution >= 0.6 is 0 Å². The van der Waals surface area contributed by atoms with Gasteiger partial charge in [-0.3, -0.25) is 14.5 Å². The number of halogens is 3. The van der Waals surface area contributed by atoms with E-state index in [1.165, 1.54) is 12.1 Å². The highest BCUT2D eigenvalue weighted by atomic mass is 19.4. The maximum Gasteiger partial charge on any atom is 0.573 e. The fourth-order valence-electron chi connectivity index (χ4n) is 3.04. The van der Waals surface area contributed by atoms with E-state index in [0.29, 0.717) is 13.1 Å². The number of anilines is 1. The minimum Gasteiger partial charge on any atom is -0.463 e. The molecule has 3 rings (SSSR count). The number of carbonyl (C=O) groups excluding carboxylic acids is 2. The quantitative estimate of drug-likeness (QED) is 0.743. The fourth-order valence-corrected chi connectivity index (χ4v) is 3.04. The van der Waals surface area contributed by atoms with Crippen LogP contribution in [0, 0.1) is 0 Å². The molecule has 1 saturated heterocycles. The van der Waals surface area contributed by atoms with E-state index < -0.39 is 30.0 Å². The molecule has 154 valence electrons. The zero-order valence-electron chi connectivity index (χ0n) is 15.3. The van der Waals surface area contributed by atoms with Crippen LogP contribution in [0.4, 0.5) is 18.9 Å². The molecule has 6 nitrogen and oxygen atoms in total. The van der Waals surface area contributed by atoms with Gasteiger partial charge in [-0.05, 0) is 17.7 Å². The summed E-state index contributed by atoms with van der Waals surface area (Å²) in [5.41, 5.74) is 1.13. The summed E-state index contributed by atoms with van der Waals surface area (Å²) in [5, 5.41) is 2.50. The molecule has 1 amide bonds. The van der Waals surface area contributed by atoms with Crippen molar-refractivity contribution in [3.05, 3.63) is 60.2 Å². The third kappa shape index (κ3) is 6.21. The van der Waals surface area contributed by atoms with Gasteiger partial charge in [-0.2, -0.15) is 0 Å². The van der Waals surface area contributed by atoms with Gasteiger partial charge in [0.1, 0.15) is 18.4 Å². The first kappa shape index (κ1) is 20.7. The van der Waals surface area contributed by atoms with Crippen molar-refractivity contribution < 1.29 is 32.2 Å². The average molecular weight is 408 g/mol. The molecular weight excluding hydrogens is 389 g/mol. The maximum atomic E-state index is 12.4. The van der Waals surface area contributed by atoms with Crippen molar-refractivity contribution in [3.8, 4) is 5.75 Å². The number of alkyl halides is 3. The molecule has 0 bridgehead atoms. The van der Waals surface area contributed by atoms with Crippen LogP contribution in [0.2, 0.25) is 0 Å². The molecule has 1 atom stereocenters. The van der Waals surface area contributed by atoms with Crippen molar-refractivity contribution >= 4 is 17.6 Å². The van der Waals surface area contributed by atoms with Gasteiger partial charge in [-0.15, -0.1) is 13.2 Å². The van der Waals surface area contributed by atoms with E-state index in [0.717, 1.165) is 17.7 Å². The molecule has 29 heavy (non-hydrogen) atoms. The minimum atomic E-state index is -4.83. The highest BCUT2D eigenvalue weighted by Crippen LogP contribution is 2.25. The molecule has 0 unspecified atom stereocenters. The molecule has 0 aliphatic carbocycles. The monoisotopic (exact) mass is 408 g/mol. The molecule has 9 heteroatoms. The molecule has 1 aliphatic rings. The largest absolute Gasteiger partial charge is 0.573 e. The van der Waals surface area contributed by atoms with Gasteiger partial charge < -0.3 is 14.8 Å². The van der Waals surface area contributed by atoms with Crippen molar-refractivity contribution in [2.45, 2.75) is 25.4 Å². The van der Waals surface area contributed by atoms with E-state index in [4.69, 9.17) is 4.74 Å². The van der Waals surface area contributed by atoms with Crippen molar-refractivity contribution in [1.29, 1.82) is 0 Å². The van der Waals surface area contributed by atoms with Gasteiger partial charge in [0.15, 0.2) is 0 Å². The van der Waals surface area contributed by atoms with E-state index in [1.807, 2.05) is 35.2 Å². The Labute approximate surface area is 165 Å². The standard InChI is InChI=1S/C20H19F3N2O4/c21-20(22,23)29-16-8-4-7-15(11-16)24-18(26)12-17-19(27)28-10-9-25(17)13-14-5-2-1-3-6-14/h1-8,11,17H,9-10,12-13H2,(H,24,26)/t17-/m1/s1. The molecular formula is C20H19F3N2O4. The predicted octanol–water partition coefficient (Wildman–Crippen LogP) is 3.34. The Morgan fingerprint density at radius 1 is 1.17 bits per heavy atom. The summed E-state index contributed by atoms with van der Waals surface area (Å²) in [6.07, 6.45) is -5.01. The van der Waals surface area contributed by atoms with Gasteiger partial charge in [0, 0.05) is 24.8 Å². The number of nitrogens with one attached hydrogen (secondary N) is 1. The Morgan fingerprint density at radius 2 is 1.93 bits per heavy atom. The molecule has 1 aliphatic heterocycles. The van der Waals surface area contributed by atoms with Crippen molar-refractivity contribution in [1.82, 2.24) is 4.90 Å². The number of ether oxygens (including phenoxy) is 2. The van der Waals surface area contributed by atoms with Crippen molar-refractivity contribution in [3.63, 3.8) is 0 Å². The van der Waals surface area contributed by atoms with Crippen LogP contribution in [0.1, 0.15) is 12.0 Å². The smallest absolute Gasteiger partial charge is 0.463 e. The topological polar surface area (TPSA) is 67.9 Å². The molecule has 1 heterocycles. The second kappa shape index (κ2) is 8.95. The lowest BCUT2D eigenvalue weighted by Crippen LogP contribution is -2.49. The van der Waals surface area contributed by atoms with Gasteiger partial charge in [-0.1, -0.05) is 36.4 Å². The molecule has 2 aromatic rings. The van der Waals surface area contributed by atoms with Crippen molar-refractivity contribution in [2.24, 2.45) is 0 Å². The predicted molar refractivity (Wildman–Crippen MR) is 98.0 cm³/mol. The number of morpholine rings is 1. The Kier molecular flexibility index (Phi) is 6.38. The van der Waals surface area contributed by atoms with Gasteiger partial charge in [0.05, 0.1) is 6.42 Å². The lowest BCUT2D eigenvalue weighted by Gasteiger charge is -2.33. The number of benzene rings is 2. The summed E-state index contributed by atoms with van der Waals surface area (Å²) >= 11 is 0. The Hall–Kier alpha value is -3.07. The van der Waals surface area contributed by atoms with Crippen LogP contribution in [-0.4, -0.2) is 42.3 Å². The van der Waals surface area contributed by atoms with E-state index in [2.05, 4.69) is 10.1 Å². The number of amides is 1. The molecule has 1 fully saturated rings. The third-order valence-electron chi connectivity index (χ3n) is 4.29. The summed E-state index contributed by atoms with van der Waals surface area (Å²) in [6, 6.07) is 13.7. The van der Waals surface area contributed by atoms with Crippen LogP contribution in [0.15, 0.2) is 54.6 Å². The fraction of sp³-hybridized carbons (Fsp3) is 0.300. The zero-order valence-corrected chi connectivity index (χ0v) is 15.3. The lowest BCUT2D eigenvalue weighted by molar-refractivity contribution is -0.274. The Balaban J connectivity index is 1.64. The number of nitrogens with zero attached hydrogens (tertiary/aromatic N) is 1. The molecule has 0 aromatic heterocycles. The van der Waals surface area contributed by atoms with E-state index in [1.54, 1.807) is 0 Å². The van der Waals surface area contributed by atoms with Crippen LogP contribution in [0.3, 0.4) is 0 Å². The van der Waals surface area contributed by atoms with Gasteiger partial charge in [0.2, 0.25) is 5.91 Å². The number of rotatable bonds is 6. The second-order valence-corrected chi connectivity index (χ2v) is 6.47. The first-order valence-electron chi connectivity index (χ1n) is 8.90. The van der Waals surface area contributed by atoms with Crippen LogP contribution < -0.4 is 10.1 Å². The molecule has 0 radical (unpaired) electrons. The molecule has 0 spiro atoms. The Bertz CT molecular complexity index is 858. The van der Waals surface area contributed by atoms with Crippen molar-refractivity contribution in [2.75, 3.05) is 18.5 Å². The summed E-state index contributed by atoms with van der Waals surface area (Å²) in [4.78, 5) is 26.5. The summed E-state index contributed by atoms with van der Waals surface area (Å²) in [5.74, 6) is -1.47. The molecule has 1 N–H and O–H groups in total. The number of hydrogen-bond acceptors (Lipinski definition) is 5. The number of esters is 1. The van der Waals surface area contributed by atoms with E-state index >= 15 is 0 Å². The molecule has 2 aromatic carbocycles. The van der Waals surface area contributed by atoms with Crippen LogP contribution in [0.25, 0.3) is 0 Å². The highest BCUT2D eigenvalue weighted by Gasteiger charge is 2.34. The highest BCUT2D eigenvalue weighted by molar-refractivity contribution is 5.94. The van der Waals surface area contributed by atoms with Crippen LogP contribution in [0.5, 0.6) is 5.75 Å². The SMILES string of the molecule is O=C(C[C@@H]1C(=O)OCCN1Cc1ccccc1)Nc1cccc(OC(F)(F)F)c1. The summed E-state index contributed by atoms with van der Waals surface area (Å²) < 4.78 is 45.9. The van der Waals surface area contributed by atoms with Gasteiger partial charge in [-0.25, -0.2) is 0 Å². The summed E-state index contributed by atoms with van der Waals surface area (Å²) in [6.45, 7) is 1.19. The third-order valence-corrected chi connectivity index (χ3v) is 4.29. The molecule has 0 saturated carbocycles. The first-order chi connectivity index (χ1) is 13.8. The average Bonchev–Trinajstić information content (AvgIpc) is 2.64. The number of carbonyl (C=O) groups is 2. The number of cyclic esters (lactones) is 1. The first-order valence-corrected chi connectivity index (χ1v) is 8.90. The summed E-state index contributed by atoms with van der Waals surface area (Å²) in [7, 11) is 0. The van der Waals surface area contributed by atoms with Crippen LogP contribution in [-0.2, 0) is 20.9 Å². The van der Waals surface area contributed by atoms with Gasteiger partial charge in [0.25, 0.3) is 0 Å². The van der Waals surface area contributed by atoms with Gasteiger partial charge >= 0.3 is 12.3 Å². The van der Waals surface area contributed by atoms with E-state index in [9.17, 15) is 22.8 Å². The lowest BCUT2D eigenvalue weighted by atomic mass is 10.1. The normalized spacial score (nSPS) is 17.5. The Morgan fingerprint density at radius 3 is 2.66 bits per heavy atom.